The van der Waals surface area contributed by atoms with Gasteiger partial charge in [0.2, 0.25) is 0 Å². The summed E-state index contributed by atoms with van der Waals surface area (Å²) >= 11 is 0. The number of aryl methyl sites for hydroxylation is 1. The number of hydrogen-bond donors (Lipinski definition) is 2. The summed E-state index contributed by atoms with van der Waals surface area (Å²) in [7, 11) is 1.29. The minimum absolute atomic E-state index is 0.113. The number of rotatable bonds is 4. The van der Waals surface area contributed by atoms with E-state index in [9.17, 15) is 14.4 Å². The molecule has 0 radical (unpaired) electrons. The molecule has 1 heterocycles. The number of fused-ring (bicyclic) bond motifs is 1. The fourth-order valence-electron chi connectivity index (χ4n) is 2.77. The Morgan fingerprint density at radius 3 is 2.16 bits per heavy atom. The molecule has 0 aliphatic heterocycles. The van der Waals surface area contributed by atoms with Gasteiger partial charge in [-0.1, -0.05) is 12.1 Å². The average Bonchev–Trinajstić information content (AvgIpc) is 2.95. The van der Waals surface area contributed by atoms with Crippen LogP contribution >= 0.6 is 0 Å². The number of ketones is 1. The second-order valence-electron chi connectivity index (χ2n) is 5.59. The number of benzene rings is 2. The molecule has 3 aromatic rings. The number of aromatic nitrogens is 1. The number of aromatic carboxylic acids is 1. The molecule has 2 aromatic carbocycles. The van der Waals surface area contributed by atoms with Crippen molar-refractivity contribution >= 4 is 28.6 Å². The second kappa shape index (κ2) is 6.24. The number of carboxylic acids is 1. The highest BCUT2D eigenvalue weighted by molar-refractivity contribution is 6.18. The molecule has 3 rings (SSSR count). The fourth-order valence-corrected chi connectivity index (χ4v) is 2.77. The van der Waals surface area contributed by atoms with E-state index in [2.05, 4.69) is 9.72 Å². The fraction of sp³-hybridized carbons (Fsp3) is 0.105. The molecule has 2 N–H and O–H groups in total. The Morgan fingerprint density at radius 2 is 1.56 bits per heavy atom. The zero-order chi connectivity index (χ0) is 18.1. The van der Waals surface area contributed by atoms with Gasteiger partial charge in [-0.3, -0.25) is 4.79 Å². The summed E-state index contributed by atoms with van der Waals surface area (Å²) in [6.45, 7) is 1.76. The number of methoxy groups -OCH3 is 1. The first-order valence-electron chi connectivity index (χ1n) is 7.51. The smallest absolute Gasteiger partial charge is 0.337 e. The molecule has 0 saturated heterocycles. The maximum Gasteiger partial charge on any atom is 0.337 e. The summed E-state index contributed by atoms with van der Waals surface area (Å²) in [6, 6.07) is 10.7. The Morgan fingerprint density at radius 1 is 0.960 bits per heavy atom. The molecule has 6 heteroatoms. The molecule has 0 saturated carbocycles. The van der Waals surface area contributed by atoms with Gasteiger partial charge < -0.3 is 14.8 Å². The van der Waals surface area contributed by atoms with E-state index in [1.54, 1.807) is 25.1 Å². The van der Waals surface area contributed by atoms with Crippen LogP contribution in [0.25, 0.3) is 10.9 Å². The summed E-state index contributed by atoms with van der Waals surface area (Å²) in [5.41, 5.74) is 2.63. The largest absolute Gasteiger partial charge is 0.478 e. The van der Waals surface area contributed by atoms with Crippen LogP contribution in [0.5, 0.6) is 0 Å². The maximum absolute atomic E-state index is 12.9. The van der Waals surface area contributed by atoms with Crippen LogP contribution in [-0.2, 0) is 4.74 Å². The van der Waals surface area contributed by atoms with Gasteiger partial charge in [-0.25, -0.2) is 9.59 Å². The van der Waals surface area contributed by atoms with Crippen molar-refractivity contribution in [1.82, 2.24) is 4.98 Å². The van der Waals surface area contributed by atoms with Crippen LogP contribution in [0.1, 0.15) is 42.3 Å². The van der Waals surface area contributed by atoms with E-state index in [0.29, 0.717) is 33.3 Å². The molecule has 0 spiro atoms. The normalized spacial score (nSPS) is 10.6. The third kappa shape index (κ3) is 2.89. The molecule has 25 heavy (non-hydrogen) atoms. The number of hydrogen-bond acceptors (Lipinski definition) is 4. The molecule has 0 amide bonds. The molecule has 0 aliphatic carbocycles. The lowest BCUT2D eigenvalue weighted by atomic mass is 9.98. The number of carbonyl (C=O) groups is 3. The first-order valence-corrected chi connectivity index (χ1v) is 7.51. The van der Waals surface area contributed by atoms with Gasteiger partial charge in [0.1, 0.15) is 0 Å². The van der Waals surface area contributed by atoms with Crippen LogP contribution in [0, 0.1) is 6.92 Å². The summed E-state index contributed by atoms with van der Waals surface area (Å²) in [5.74, 6) is -1.78. The highest BCUT2D eigenvalue weighted by atomic mass is 16.5. The molecule has 0 aliphatic rings. The molecule has 126 valence electrons. The number of H-pyrrole nitrogens is 1. The van der Waals surface area contributed by atoms with Crippen LogP contribution in [0.3, 0.4) is 0 Å². The highest BCUT2D eigenvalue weighted by Gasteiger charge is 2.19. The number of aromatic amines is 1. The van der Waals surface area contributed by atoms with Crippen molar-refractivity contribution in [2.24, 2.45) is 0 Å². The Bertz CT molecular complexity index is 999. The molecule has 0 bridgehead atoms. The molecule has 0 fully saturated rings. The third-order valence-corrected chi connectivity index (χ3v) is 4.03. The van der Waals surface area contributed by atoms with Gasteiger partial charge in [-0.05, 0) is 37.3 Å². The Labute approximate surface area is 143 Å². The van der Waals surface area contributed by atoms with Crippen LogP contribution in [0.15, 0.2) is 42.5 Å². The predicted molar refractivity (Wildman–Crippen MR) is 91.2 cm³/mol. The number of carboxylic acid groups (broad SMARTS) is 1. The van der Waals surface area contributed by atoms with Crippen LogP contribution in [-0.4, -0.2) is 34.9 Å². The van der Waals surface area contributed by atoms with E-state index < -0.39 is 11.9 Å². The minimum atomic E-state index is -1.05. The number of esters is 1. The lowest BCUT2D eigenvalue weighted by Gasteiger charge is -2.04. The first-order chi connectivity index (χ1) is 11.9. The number of carbonyl (C=O) groups excluding carboxylic acids is 2. The first kappa shape index (κ1) is 16.4. The zero-order valence-electron chi connectivity index (χ0n) is 13.6. The molecular weight excluding hydrogens is 322 g/mol. The second-order valence-corrected chi connectivity index (χ2v) is 5.59. The predicted octanol–water partition coefficient (Wildman–Crippen LogP) is 3.19. The SMILES string of the molecule is COC(=O)c1ccc(C(=O)c2c(C)[nH]c3ccc(C(=O)O)cc23)cc1. The highest BCUT2D eigenvalue weighted by Crippen LogP contribution is 2.26. The number of nitrogens with one attached hydrogen (secondary N) is 1. The minimum Gasteiger partial charge on any atom is -0.478 e. The van der Waals surface area contributed by atoms with Gasteiger partial charge in [0.25, 0.3) is 0 Å². The van der Waals surface area contributed by atoms with Crippen molar-refractivity contribution < 1.29 is 24.2 Å². The zero-order valence-corrected chi connectivity index (χ0v) is 13.6. The van der Waals surface area contributed by atoms with Crippen LogP contribution in [0.4, 0.5) is 0 Å². The summed E-state index contributed by atoms with van der Waals surface area (Å²) in [4.78, 5) is 38.7. The van der Waals surface area contributed by atoms with E-state index in [1.807, 2.05) is 0 Å². The Hall–Kier alpha value is -3.41. The van der Waals surface area contributed by atoms with Crippen LogP contribution in [0.2, 0.25) is 0 Å². The molecule has 0 atom stereocenters. The molecule has 1 aromatic heterocycles. The van der Waals surface area contributed by atoms with Crippen molar-refractivity contribution in [1.29, 1.82) is 0 Å². The maximum atomic E-state index is 12.9. The van der Waals surface area contributed by atoms with Crippen molar-refractivity contribution in [3.05, 3.63) is 70.4 Å². The summed E-state index contributed by atoms with van der Waals surface area (Å²) in [5, 5.41) is 9.72. The quantitative estimate of drug-likeness (QED) is 0.563. The van der Waals surface area contributed by atoms with Gasteiger partial charge in [-0.15, -0.1) is 0 Å². The van der Waals surface area contributed by atoms with Gasteiger partial charge in [0.05, 0.1) is 23.8 Å². The lowest BCUT2D eigenvalue weighted by molar-refractivity contribution is 0.0599. The van der Waals surface area contributed by atoms with Crippen molar-refractivity contribution in [3.63, 3.8) is 0 Å². The van der Waals surface area contributed by atoms with Gasteiger partial charge >= 0.3 is 11.9 Å². The number of ether oxygens (including phenoxy) is 1. The molecular formula is C19H15NO5. The monoisotopic (exact) mass is 337 g/mol. The Kier molecular flexibility index (Phi) is 4.10. The van der Waals surface area contributed by atoms with E-state index >= 15 is 0 Å². The van der Waals surface area contributed by atoms with Gasteiger partial charge in [-0.2, -0.15) is 0 Å². The third-order valence-electron chi connectivity index (χ3n) is 4.03. The van der Waals surface area contributed by atoms with Gasteiger partial charge in [0, 0.05) is 22.2 Å². The van der Waals surface area contributed by atoms with Crippen LogP contribution < -0.4 is 0 Å². The van der Waals surface area contributed by atoms with Crippen molar-refractivity contribution in [2.45, 2.75) is 6.92 Å². The van der Waals surface area contributed by atoms with Crippen molar-refractivity contribution in [3.8, 4) is 0 Å². The summed E-state index contributed by atoms with van der Waals surface area (Å²) < 4.78 is 4.64. The Balaban J connectivity index is 2.07. The van der Waals surface area contributed by atoms with Crippen molar-refractivity contribution in [2.75, 3.05) is 7.11 Å². The molecule has 0 unspecified atom stereocenters. The van der Waals surface area contributed by atoms with Gasteiger partial charge in [0.15, 0.2) is 5.78 Å². The summed E-state index contributed by atoms with van der Waals surface area (Å²) in [6.07, 6.45) is 0. The topological polar surface area (TPSA) is 96.5 Å². The van der Waals surface area contributed by atoms with E-state index in [0.717, 1.165) is 0 Å². The lowest BCUT2D eigenvalue weighted by Crippen LogP contribution is -2.05. The molecule has 6 nitrogen and oxygen atoms in total. The van der Waals surface area contributed by atoms with E-state index in [1.165, 1.54) is 31.4 Å². The van der Waals surface area contributed by atoms with E-state index in [4.69, 9.17) is 5.11 Å². The standard InChI is InChI=1S/C19H15NO5/c1-10-16(14-9-13(18(22)23)7-8-15(14)20-10)17(21)11-3-5-12(6-4-11)19(24)25-2/h3-9,20H,1-2H3,(H,22,23). The average molecular weight is 337 g/mol. The van der Waals surface area contributed by atoms with E-state index in [-0.39, 0.29) is 11.3 Å².